The van der Waals surface area contributed by atoms with Crippen LogP contribution in [0.1, 0.15) is 22.0 Å². The second-order valence-corrected chi connectivity index (χ2v) is 3.30. The molecule has 0 saturated carbocycles. The zero-order valence-corrected chi connectivity index (χ0v) is 12.6. The van der Waals surface area contributed by atoms with Crippen LogP contribution in [0.15, 0.2) is 12.1 Å². The van der Waals surface area contributed by atoms with Crippen LogP contribution in [-0.4, -0.2) is 31.8 Å². The number of aromatic carboxylic acids is 1. The summed E-state index contributed by atoms with van der Waals surface area (Å²) in [6, 6.07) is 2.92. The molecule has 0 radical (unpaired) electrons. The molecule has 1 unspecified atom stereocenters. The second-order valence-electron chi connectivity index (χ2n) is 3.30. The van der Waals surface area contributed by atoms with Gasteiger partial charge in [0.25, 0.3) is 0 Å². The number of rotatable bonds is 5. The number of hydrogen-bond donors (Lipinski definition) is 2. The molecule has 0 aliphatic carbocycles. The predicted molar refractivity (Wildman–Crippen MR) is 57.9 cm³/mol. The Hall–Kier alpha value is -0.790. The quantitative estimate of drug-likeness (QED) is 0.526. The fourth-order valence-electron chi connectivity index (χ4n) is 1.56. The van der Waals surface area contributed by atoms with Crippen LogP contribution in [0.3, 0.4) is 0 Å². The van der Waals surface area contributed by atoms with Gasteiger partial charge in [0.2, 0.25) is 0 Å². The van der Waals surface area contributed by atoms with E-state index in [4.69, 9.17) is 15.2 Å². The van der Waals surface area contributed by atoms with Gasteiger partial charge in [-0.05, 0) is 11.6 Å². The minimum Gasteiger partial charge on any atom is -0.545 e. The number of carboxylic acid groups (broad SMARTS) is 1. The Kier molecular flexibility index (Phi) is 7.27. The molecule has 1 aromatic rings. The molecule has 6 nitrogen and oxygen atoms in total. The topological polar surface area (TPSA) is 105 Å². The Morgan fingerprint density at radius 2 is 2.06 bits per heavy atom. The summed E-state index contributed by atoms with van der Waals surface area (Å²) in [7, 11) is 2.69. The molecule has 0 fully saturated rings. The molecule has 0 heterocycles. The Balaban J connectivity index is 0.00000289. The van der Waals surface area contributed by atoms with E-state index < -0.39 is 12.1 Å². The van der Waals surface area contributed by atoms with Crippen LogP contribution in [-0.2, 0) is 0 Å². The number of carboxylic acids is 1. The predicted octanol–water partition coefficient (Wildman–Crippen LogP) is -3.94. The zero-order chi connectivity index (χ0) is 13.0. The molecule has 94 valence electrons. The molecule has 18 heavy (non-hydrogen) atoms. The SMILES string of the molecule is COc1ccc(C(O)CN)c(C(=O)[O-])c1OC.[Na+]. The van der Waals surface area contributed by atoms with Crippen molar-refractivity contribution >= 4 is 5.97 Å². The van der Waals surface area contributed by atoms with Gasteiger partial charge in [-0.25, -0.2) is 0 Å². The average Bonchev–Trinajstić information content (AvgIpc) is 2.35. The molecule has 0 bridgehead atoms. The van der Waals surface area contributed by atoms with Gasteiger partial charge in [0.15, 0.2) is 11.5 Å². The van der Waals surface area contributed by atoms with Gasteiger partial charge in [0.05, 0.1) is 26.3 Å². The summed E-state index contributed by atoms with van der Waals surface area (Å²) in [5.74, 6) is -1.19. The molecule has 0 aliphatic rings. The second kappa shape index (κ2) is 7.60. The van der Waals surface area contributed by atoms with E-state index in [1.165, 1.54) is 26.4 Å². The molecule has 0 aromatic heterocycles. The normalized spacial score (nSPS) is 11.3. The average molecular weight is 263 g/mol. The Labute approximate surface area is 127 Å². The van der Waals surface area contributed by atoms with Crippen LogP contribution >= 0.6 is 0 Å². The molecule has 3 N–H and O–H groups in total. The van der Waals surface area contributed by atoms with Crippen molar-refractivity contribution in [3.05, 3.63) is 23.3 Å². The van der Waals surface area contributed by atoms with E-state index in [9.17, 15) is 15.0 Å². The maximum absolute atomic E-state index is 11.1. The third-order valence-electron chi connectivity index (χ3n) is 2.36. The van der Waals surface area contributed by atoms with Crippen molar-refractivity contribution in [2.24, 2.45) is 5.73 Å². The number of nitrogens with two attached hydrogens (primary N) is 1. The minimum absolute atomic E-state index is 0. The maximum Gasteiger partial charge on any atom is 1.00 e. The number of carbonyl (C=O) groups is 1. The third kappa shape index (κ3) is 3.37. The number of benzene rings is 1. The zero-order valence-electron chi connectivity index (χ0n) is 10.6. The van der Waals surface area contributed by atoms with E-state index in [0.29, 0.717) is 0 Å². The van der Waals surface area contributed by atoms with Crippen LogP contribution in [0.2, 0.25) is 0 Å². The first-order chi connectivity index (χ1) is 8.06. The van der Waals surface area contributed by atoms with Crippen LogP contribution in [0.25, 0.3) is 0 Å². The van der Waals surface area contributed by atoms with Gasteiger partial charge < -0.3 is 30.2 Å². The fourth-order valence-corrected chi connectivity index (χ4v) is 1.56. The molecule has 0 amide bonds. The third-order valence-corrected chi connectivity index (χ3v) is 2.36. The van der Waals surface area contributed by atoms with E-state index >= 15 is 0 Å². The smallest absolute Gasteiger partial charge is 0.545 e. The minimum atomic E-state index is -1.46. The van der Waals surface area contributed by atoms with Crippen LogP contribution < -0.4 is 49.9 Å². The number of aliphatic hydroxyl groups excluding tert-OH is 1. The maximum atomic E-state index is 11.1. The number of methoxy groups -OCH3 is 2. The van der Waals surface area contributed by atoms with E-state index in [0.717, 1.165) is 0 Å². The van der Waals surface area contributed by atoms with Crippen molar-refractivity contribution in [2.45, 2.75) is 6.10 Å². The van der Waals surface area contributed by atoms with Crippen LogP contribution in [0.5, 0.6) is 11.5 Å². The van der Waals surface area contributed by atoms with E-state index in [1.54, 1.807) is 0 Å². The summed E-state index contributed by atoms with van der Waals surface area (Å²) in [5, 5.41) is 20.7. The summed E-state index contributed by atoms with van der Waals surface area (Å²) in [6.45, 7) is -0.101. The van der Waals surface area contributed by atoms with Crippen LogP contribution in [0, 0.1) is 0 Å². The largest absolute Gasteiger partial charge is 1.00 e. The molecular weight excluding hydrogens is 249 g/mol. The monoisotopic (exact) mass is 263 g/mol. The summed E-state index contributed by atoms with van der Waals surface area (Å²) in [5.41, 5.74) is 5.20. The van der Waals surface area contributed by atoms with Gasteiger partial charge in [-0.15, -0.1) is 0 Å². The number of carbonyl (C=O) groups excluding carboxylic acids is 1. The van der Waals surface area contributed by atoms with Crippen molar-refractivity contribution in [3.63, 3.8) is 0 Å². The number of hydrogen-bond acceptors (Lipinski definition) is 6. The number of aliphatic hydroxyl groups is 1. The molecular formula is C11H14NNaO5. The van der Waals surface area contributed by atoms with E-state index in [-0.39, 0.29) is 58.7 Å². The summed E-state index contributed by atoms with van der Waals surface area (Å²) >= 11 is 0. The van der Waals surface area contributed by atoms with Crippen molar-refractivity contribution in [3.8, 4) is 11.5 Å². The molecule has 1 atom stereocenters. The summed E-state index contributed by atoms with van der Waals surface area (Å²) in [6.07, 6.45) is -1.09. The van der Waals surface area contributed by atoms with Crippen molar-refractivity contribution < 1.29 is 54.0 Å². The van der Waals surface area contributed by atoms with Crippen LogP contribution in [0.4, 0.5) is 0 Å². The molecule has 0 aliphatic heterocycles. The standard InChI is InChI=1S/C11H15NO5.Na/c1-16-8-4-3-6(7(13)5-12)9(11(14)15)10(8)17-2;/h3-4,7,13H,5,12H2,1-2H3,(H,14,15);/q;+1/p-1. The fraction of sp³-hybridized carbons (Fsp3) is 0.364. The first-order valence-corrected chi connectivity index (χ1v) is 4.91. The van der Waals surface area contributed by atoms with E-state index in [2.05, 4.69) is 0 Å². The Morgan fingerprint density at radius 3 is 2.44 bits per heavy atom. The van der Waals surface area contributed by atoms with Gasteiger partial charge in [-0.2, -0.15) is 0 Å². The molecule has 0 spiro atoms. The van der Waals surface area contributed by atoms with Gasteiger partial charge in [-0.3, -0.25) is 0 Å². The Bertz CT molecular complexity index is 424. The summed E-state index contributed by atoms with van der Waals surface area (Å²) in [4.78, 5) is 11.1. The van der Waals surface area contributed by atoms with Gasteiger partial charge in [-0.1, -0.05) is 6.07 Å². The molecule has 1 aromatic carbocycles. The molecule has 0 saturated heterocycles. The van der Waals surface area contributed by atoms with E-state index in [1.807, 2.05) is 0 Å². The van der Waals surface area contributed by atoms with Crippen molar-refractivity contribution in [1.29, 1.82) is 0 Å². The van der Waals surface area contributed by atoms with Gasteiger partial charge in [0, 0.05) is 12.1 Å². The van der Waals surface area contributed by atoms with Crippen molar-refractivity contribution in [2.75, 3.05) is 20.8 Å². The first kappa shape index (κ1) is 17.2. The van der Waals surface area contributed by atoms with Gasteiger partial charge >= 0.3 is 29.6 Å². The van der Waals surface area contributed by atoms with Crippen molar-refractivity contribution in [1.82, 2.24) is 0 Å². The Morgan fingerprint density at radius 1 is 1.44 bits per heavy atom. The summed E-state index contributed by atoms with van der Waals surface area (Å²) < 4.78 is 9.93. The van der Waals surface area contributed by atoms with Gasteiger partial charge in [0.1, 0.15) is 0 Å². The molecule has 7 heteroatoms. The molecule has 1 rings (SSSR count). The first-order valence-electron chi connectivity index (χ1n) is 4.91. The number of ether oxygens (including phenoxy) is 2.